The van der Waals surface area contributed by atoms with Gasteiger partial charge in [0.2, 0.25) is 9.05 Å². The number of sulfone groups is 1. The summed E-state index contributed by atoms with van der Waals surface area (Å²) in [5.41, 5.74) is -1.18. The van der Waals surface area contributed by atoms with Crippen LogP contribution in [0.1, 0.15) is 0 Å². The summed E-state index contributed by atoms with van der Waals surface area (Å²) in [6, 6.07) is 0.866. The van der Waals surface area contributed by atoms with Gasteiger partial charge >= 0.3 is 0 Å². The molecule has 0 atom stereocenters. The smallest absolute Gasteiger partial charge is 0.258 e. The predicted molar refractivity (Wildman–Crippen MR) is 64.7 cm³/mol. The number of benzene rings is 1. The van der Waals surface area contributed by atoms with Gasteiger partial charge in [-0.15, -0.1) is 0 Å². The maximum atomic E-state index is 13.5. The minimum absolute atomic E-state index is 0.394. The van der Waals surface area contributed by atoms with Crippen LogP contribution in [0, 0.1) is 21.7 Å². The van der Waals surface area contributed by atoms with E-state index >= 15 is 0 Å². The van der Waals surface area contributed by atoms with Gasteiger partial charge < -0.3 is 0 Å². The Morgan fingerprint density at radius 1 is 1.15 bits per heavy atom. The molecule has 1 aromatic carbocycles. The second kappa shape index (κ2) is 5.58. The molecule has 0 spiro atoms. The SMILES string of the molecule is O=[N+]([O-])c1ccc(F)c(F)c1S(=O)(=O)CCS(=O)(=O)Cl. The lowest BCUT2D eigenvalue weighted by Gasteiger charge is -2.06. The van der Waals surface area contributed by atoms with E-state index in [0.29, 0.717) is 12.1 Å². The molecule has 0 aliphatic rings. The van der Waals surface area contributed by atoms with E-state index in [-0.39, 0.29) is 0 Å². The molecule has 112 valence electrons. The van der Waals surface area contributed by atoms with Crippen molar-refractivity contribution in [2.45, 2.75) is 4.90 Å². The zero-order chi connectivity index (χ0) is 15.7. The molecule has 1 rings (SSSR count). The van der Waals surface area contributed by atoms with Crippen molar-refractivity contribution in [3.8, 4) is 0 Å². The summed E-state index contributed by atoms with van der Waals surface area (Å²) in [7, 11) is -4.15. The minimum atomic E-state index is -4.74. The molecule has 1 aromatic rings. The van der Waals surface area contributed by atoms with Crippen LogP contribution in [0.4, 0.5) is 14.5 Å². The van der Waals surface area contributed by atoms with Gasteiger partial charge in [0.15, 0.2) is 26.4 Å². The van der Waals surface area contributed by atoms with Crippen molar-refractivity contribution in [3.63, 3.8) is 0 Å². The molecule has 0 fully saturated rings. The van der Waals surface area contributed by atoms with Crippen LogP contribution in [-0.2, 0) is 18.9 Å². The van der Waals surface area contributed by atoms with Gasteiger partial charge in [0.05, 0.1) is 16.4 Å². The first kappa shape index (κ1) is 16.7. The number of rotatable bonds is 5. The molecule has 12 heteroatoms. The highest BCUT2D eigenvalue weighted by atomic mass is 35.7. The third-order valence-electron chi connectivity index (χ3n) is 2.13. The highest BCUT2D eigenvalue weighted by Gasteiger charge is 2.32. The lowest BCUT2D eigenvalue weighted by molar-refractivity contribution is -0.388. The molecule has 0 saturated carbocycles. The Kier molecular flexibility index (Phi) is 4.66. The highest BCUT2D eigenvalue weighted by Crippen LogP contribution is 2.29. The van der Waals surface area contributed by atoms with Crippen LogP contribution >= 0.6 is 10.7 Å². The average Bonchev–Trinajstić information content (AvgIpc) is 2.28. The Morgan fingerprint density at radius 2 is 1.70 bits per heavy atom. The van der Waals surface area contributed by atoms with E-state index in [2.05, 4.69) is 0 Å². The Morgan fingerprint density at radius 3 is 2.15 bits per heavy atom. The number of nitro benzene ring substituents is 1. The monoisotopic (exact) mass is 349 g/mol. The van der Waals surface area contributed by atoms with Crippen molar-refractivity contribution in [1.82, 2.24) is 0 Å². The van der Waals surface area contributed by atoms with E-state index < -0.39 is 57.5 Å². The molecule has 0 radical (unpaired) electrons. The molecular formula is C8H6ClF2NO6S2. The van der Waals surface area contributed by atoms with E-state index in [1.807, 2.05) is 0 Å². The molecule has 0 aliphatic carbocycles. The van der Waals surface area contributed by atoms with Crippen LogP contribution in [0.15, 0.2) is 17.0 Å². The largest absolute Gasteiger partial charge is 0.291 e. The van der Waals surface area contributed by atoms with Gasteiger partial charge in [-0.25, -0.2) is 25.6 Å². The fraction of sp³-hybridized carbons (Fsp3) is 0.250. The molecular weight excluding hydrogens is 344 g/mol. The van der Waals surface area contributed by atoms with E-state index in [1.54, 1.807) is 0 Å². The molecule has 0 aromatic heterocycles. The van der Waals surface area contributed by atoms with Gasteiger partial charge in [-0.3, -0.25) is 10.1 Å². The lowest BCUT2D eigenvalue weighted by Crippen LogP contribution is -2.17. The Labute approximate surface area is 116 Å². The number of nitrogens with zero attached hydrogens (tertiary/aromatic N) is 1. The third-order valence-corrected chi connectivity index (χ3v) is 5.30. The van der Waals surface area contributed by atoms with Crippen molar-refractivity contribution in [2.24, 2.45) is 0 Å². The molecule has 20 heavy (non-hydrogen) atoms. The normalized spacial score (nSPS) is 12.3. The van der Waals surface area contributed by atoms with Crippen LogP contribution in [0.25, 0.3) is 0 Å². The van der Waals surface area contributed by atoms with Crippen molar-refractivity contribution in [3.05, 3.63) is 33.9 Å². The molecule has 0 aliphatic heterocycles. The molecule has 0 unspecified atom stereocenters. The van der Waals surface area contributed by atoms with Crippen molar-refractivity contribution < 1.29 is 30.5 Å². The fourth-order valence-electron chi connectivity index (χ4n) is 1.27. The van der Waals surface area contributed by atoms with Gasteiger partial charge in [-0.2, -0.15) is 0 Å². The first-order chi connectivity index (χ1) is 8.96. The van der Waals surface area contributed by atoms with Crippen LogP contribution in [-0.4, -0.2) is 33.3 Å². The molecule has 7 nitrogen and oxygen atoms in total. The van der Waals surface area contributed by atoms with E-state index in [4.69, 9.17) is 10.7 Å². The number of hydrogen-bond acceptors (Lipinski definition) is 6. The third kappa shape index (κ3) is 3.84. The second-order valence-electron chi connectivity index (χ2n) is 3.53. The zero-order valence-corrected chi connectivity index (χ0v) is 11.8. The maximum absolute atomic E-state index is 13.5. The fourth-order valence-corrected chi connectivity index (χ4v) is 4.55. The van der Waals surface area contributed by atoms with Gasteiger partial charge in [-0.1, -0.05) is 0 Å². The summed E-state index contributed by atoms with van der Waals surface area (Å²) in [4.78, 5) is 7.93. The van der Waals surface area contributed by atoms with Crippen LogP contribution in [0.5, 0.6) is 0 Å². The molecule has 0 saturated heterocycles. The van der Waals surface area contributed by atoms with E-state index in [1.165, 1.54) is 0 Å². The Balaban J connectivity index is 3.44. The average molecular weight is 350 g/mol. The summed E-state index contributed by atoms with van der Waals surface area (Å²) < 4.78 is 71.4. The van der Waals surface area contributed by atoms with Gasteiger partial charge in [0.25, 0.3) is 5.69 Å². The van der Waals surface area contributed by atoms with Crippen molar-refractivity contribution in [2.75, 3.05) is 11.5 Å². The molecule has 0 heterocycles. The van der Waals surface area contributed by atoms with Crippen LogP contribution in [0.2, 0.25) is 0 Å². The molecule has 0 N–H and O–H groups in total. The van der Waals surface area contributed by atoms with Crippen molar-refractivity contribution >= 4 is 35.3 Å². The minimum Gasteiger partial charge on any atom is -0.258 e. The predicted octanol–water partition coefficient (Wildman–Crippen LogP) is 1.22. The van der Waals surface area contributed by atoms with Gasteiger partial charge in [-0.05, 0) is 6.07 Å². The van der Waals surface area contributed by atoms with E-state index in [0.717, 1.165) is 0 Å². The summed E-state index contributed by atoms with van der Waals surface area (Å²) in [6.45, 7) is 0. The maximum Gasteiger partial charge on any atom is 0.291 e. The standard InChI is InChI=1S/C8H6ClF2NO6S2/c9-20(17,18)4-3-19(15,16)8-6(12(13)14)2-1-5(10)7(8)11/h1-2H,3-4H2. The van der Waals surface area contributed by atoms with Crippen LogP contribution in [0.3, 0.4) is 0 Å². The zero-order valence-electron chi connectivity index (χ0n) is 9.42. The lowest BCUT2D eigenvalue weighted by atomic mass is 10.3. The van der Waals surface area contributed by atoms with Gasteiger partial charge in [0, 0.05) is 16.7 Å². The number of nitro groups is 1. The quantitative estimate of drug-likeness (QED) is 0.449. The Hall–Kier alpha value is -1.33. The van der Waals surface area contributed by atoms with Gasteiger partial charge in [0.1, 0.15) is 0 Å². The first-order valence-corrected chi connectivity index (χ1v) is 8.86. The number of halogens is 3. The highest BCUT2D eigenvalue weighted by molar-refractivity contribution is 8.14. The van der Waals surface area contributed by atoms with Crippen molar-refractivity contribution in [1.29, 1.82) is 0 Å². The first-order valence-electron chi connectivity index (χ1n) is 4.73. The summed E-state index contributed by atoms with van der Waals surface area (Å²) >= 11 is 0. The summed E-state index contributed by atoms with van der Waals surface area (Å²) in [6.07, 6.45) is 0. The molecule has 0 amide bonds. The number of hydrogen-bond donors (Lipinski definition) is 0. The topological polar surface area (TPSA) is 111 Å². The second-order valence-corrected chi connectivity index (χ2v) is 8.47. The van der Waals surface area contributed by atoms with Crippen LogP contribution < -0.4 is 0 Å². The summed E-state index contributed by atoms with van der Waals surface area (Å²) in [5.74, 6) is -5.85. The summed E-state index contributed by atoms with van der Waals surface area (Å²) in [5, 5.41) is 10.6. The van der Waals surface area contributed by atoms with E-state index in [9.17, 15) is 35.7 Å². The Bertz CT molecular complexity index is 761. The molecule has 0 bridgehead atoms.